The van der Waals surface area contributed by atoms with E-state index < -0.39 is 0 Å². The second-order valence-electron chi connectivity index (χ2n) is 6.58. The van der Waals surface area contributed by atoms with Crippen molar-refractivity contribution in [2.75, 3.05) is 0 Å². The normalized spacial score (nSPS) is 11.8. The zero-order valence-corrected chi connectivity index (χ0v) is 15.2. The first-order valence-corrected chi connectivity index (χ1v) is 9.19. The van der Waals surface area contributed by atoms with Gasteiger partial charge in [0.2, 0.25) is 0 Å². The van der Waals surface area contributed by atoms with Gasteiger partial charge in [0.1, 0.15) is 0 Å². The van der Waals surface area contributed by atoms with Gasteiger partial charge < -0.3 is 0 Å². The molecule has 0 bridgehead atoms. The van der Waals surface area contributed by atoms with Gasteiger partial charge in [0.25, 0.3) is 0 Å². The molecular formula is C18H26S2. The molecule has 2 aromatic rings. The van der Waals surface area contributed by atoms with E-state index in [4.69, 9.17) is 0 Å². The van der Waals surface area contributed by atoms with Gasteiger partial charge >= 0.3 is 0 Å². The summed E-state index contributed by atoms with van der Waals surface area (Å²) in [5.74, 6) is 1.47. The summed E-state index contributed by atoms with van der Waals surface area (Å²) in [5, 5.41) is 0. The summed E-state index contributed by atoms with van der Waals surface area (Å²) < 4.78 is 0. The minimum absolute atomic E-state index is 0.734. The fourth-order valence-electron chi connectivity index (χ4n) is 2.57. The largest absolute Gasteiger partial charge is 0.139 e. The molecule has 20 heavy (non-hydrogen) atoms. The second-order valence-corrected chi connectivity index (χ2v) is 9.09. The van der Waals surface area contributed by atoms with E-state index in [1.807, 2.05) is 22.7 Å². The van der Waals surface area contributed by atoms with Crippen LogP contribution in [0.2, 0.25) is 0 Å². The average Bonchev–Trinajstić information content (AvgIpc) is 2.83. The van der Waals surface area contributed by atoms with E-state index >= 15 is 0 Å². The molecule has 0 amide bonds. The van der Waals surface area contributed by atoms with Crippen molar-refractivity contribution < 1.29 is 0 Å². The van der Waals surface area contributed by atoms with Gasteiger partial charge in [-0.15, -0.1) is 22.7 Å². The molecule has 0 N–H and O–H groups in total. The maximum absolute atomic E-state index is 2.42. The summed E-state index contributed by atoms with van der Waals surface area (Å²) in [6, 6.07) is 4.84. The summed E-state index contributed by atoms with van der Waals surface area (Å²) in [6.45, 7) is 13.7. The van der Waals surface area contributed by atoms with Crippen LogP contribution in [0, 0.1) is 25.7 Å². The molecule has 2 heteroatoms. The van der Waals surface area contributed by atoms with Gasteiger partial charge in [-0.05, 0) is 61.8 Å². The van der Waals surface area contributed by atoms with Crippen LogP contribution in [0.4, 0.5) is 0 Å². The number of hydrogen-bond acceptors (Lipinski definition) is 2. The maximum Gasteiger partial charge on any atom is 0.0448 e. The Morgan fingerprint density at radius 3 is 1.40 bits per heavy atom. The van der Waals surface area contributed by atoms with Crippen molar-refractivity contribution in [3.8, 4) is 9.75 Å². The summed E-state index contributed by atoms with van der Waals surface area (Å²) in [4.78, 5) is 5.90. The van der Waals surface area contributed by atoms with Crippen LogP contribution < -0.4 is 0 Å². The van der Waals surface area contributed by atoms with E-state index in [0.29, 0.717) is 0 Å². The first-order valence-electron chi connectivity index (χ1n) is 7.55. The molecule has 0 saturated carbocycles. The molecule has 2 rings (SSSR count). The van der Waals surface area contributed by atoms with Crippen LogP contribution >= 0.6 is 22.7 Å². The van der Waals surface area contributed by atoms with Crippen LogP contribution in [0.25, 0.3) is 9.75 Å². The van der Waals surface area contributed by atoms with Crippen molar-refractivity contribution >= 4 is 22.7 Å². The van der Waals surface area contributed by atoms with Crippen molar-refractivity contribution in [1.29, 1.82) is 0 Å². The number of aryl methyl sites for hydroxylation is 2. The van der Waals surface area contributed by atoms with E-state index in [1.165, 1.54) is 43.5 Å². The van der Waals surface area contributed by atoms with Crippen molar-refractivity contribution in [3.05, 3.63) is 33.0 Å². The highest BCUT2D eigenvalue weighted by molar-refractivity contribution is 7.22. The van der Waals surface area contributed by atoms with E-state index in [0.717, 1.165) is 11.8 Å². The summed E-state index contributed by atoms with van der Waals surface area (Å²) in [7, 11) is 0. The highest BCUT2D eigenvalue weighted by atomic mass is 32.1. The molecule has 110 valence electrons. The number of rotatable bonds is 5. The highest BCUT2D eigenvalue weighted by Gasteiger charge is 2.13. The quantitative estimate of drug-likeness (QED) is 0.592. The van der Waals surface area contributed by atoms with Gasteiger partial charge in [-0.1, -0.05) is 27.7 Å². The molecule has 2 heterocycles. The van der Waals surface area contributed by atoms with Crippen LogP contribution in [-0.2, 0) is 12.8 Å². The lowest BCUT2D eigenvalue weighted by atomic mass is 10.0. The molecule has 0 radical (unpaired) electrons. The molecule has 0 unspecified atom stereocenters. The molecule has 0 saturated heterocycles. The lowest BCUT2D eigenvalue weighted by molar-refractivity contribution is 0.646. The molecule has 0 atom stereocenters. The van der Waals surface area contributed by atoms with Crippen molar-refractivity contribution in [3.63, 3.8) is 0 Å². The van der Waals surface area contributed by atoms with Gasteiger partial charge in [-0.25, -0.2) is 0 Å². The average molecular weight is 307 g/mol. The standard InChI is InChI=1S/C18H26S2/c1-11(2)7-15-9-17(19-13(15)5)18-10-16(8-12(3)4)14(6)20-18/h9-12H,7-8H2,1-6H3. The van der Waals surface area contributed by atoms with Gasteiger partial charge in [-0.3, -0.25) is 0 Å². The predicted molar refractivity (Wildman–Crippen MR) is 94.2 cm³/mol. The third-order valence-electron chi connectivity index (χ3n) is 3.54. The minimum atomic E-state index is 0.734. The topological polar surface area (TPSA) is 0 Å². The molecule has 0 aliphatic heterocycles. The van der Waals surface area contributed by atoms with Gasteiger partial charge in [0, 0.05) is 19.5 Å². The Hall–Kier alpha value is -0.600. The fourth-order valence-corrected chi connectivity index (χ4v) is 4.75. The molecule has 0 nitrogen and oxygen atoms in total. The molecule has 0 aromatic carbocycles. The monoisotopic (exact) mass is 306 g/mol. The van der Waals surface area contributed by atoms with Crippen LogP contribution in [0.3, 0.4) is 0 Å². The Morgan fingerprint density at radius 2 is 1.10 bits per heavy atom. The highest BCUT2D eigenvalue weighted by Crippen LogP contribution is 2.38. The second kappa shape index (κ2) is 6.44. The Balaban J connectivity index is 2.28. The first kappa shape index (κ1) is 15.8. The predicted octanol–water partition coefficient (Wildman–Crippen LogP) is 6.49. The Kier molecular flexibility index (Phi) is 5.09. The number of hydrogen-bond donors (Lipinski definition) is 0. The van der Waals surface area contributed by atoms with Gasteiger partial charge in [0.15, 0.2) is 0 Å². The van der Waals surface area contributed by atoms with E-state index in [1.54, 1.807) is 0 Å². The molecule has 0 aliphatic carbocycles. The lowest BCUT2D eigenvalue weighted by Crippen LogP contribution is -1.93. The smallest absolute Gasteiger partial charge is 0.0448 e. The van der Waals surface area contributed by atoms with Crippen LogP contribution in [0.5, 0.6) is 0 Å². The Morgan fingerprint density at radius 1 is 0.750 bits per heavy atom. The molecular weight excluding hydrogens is 280 g/mol. The third kappa shape index (κ3) is 3.73. The summed E-state index contributed by atoms with van der Waals surface area (Å²) >= 11 is 3.92. The fraction of sp³-hybridized carbons (Fsp3) is 0.556. The van der Waals surface area contributed by atoms with Crippen LogP contribution in [0.1, 0.15) is 48.6 Å². The van der Waals surface area contributed by atoms with Gasteiger partial charge in [-0.2, -0.15) is 0 Å². The summed E-state index contributed by atoms with van der Waals surface area (Å²) in [6.07, 6.45) is 2.40. The van der Waals surface area contributed by atoms with E-state index in [2.05, 4.69) is 53.7 Å². The zero-order valence-electron chi connectivity index (χ0n) is 13.5. The van der Waals surface area contributed by atoms with E-state index in [9.17, 15) is 0 Å². The van der Waals surface area contributed by atoms with E-state index in [-0.39, 0.29) is 0 Å². The molecule has 0 fully saturated rings. The Labute approximate surface area is 131 Å². The Bertz CT molecular complexity index is 518. The van der Waals surface area contributed by atoms with Crippen LogP contribution in [-0.4, -0.2) is 0 Å². The zero-order chi connectivity index (χ0) is 14.9. The molecule has 0 aliphatic rings. The SMILES string of the molecule is Cc1sc(-c2cc(CC(C)C)c(C)s2)cc1CC(C)C. The summed E-state index contributed by atoms with van der Waals surface area (Å²) in [5.41, 5.74) is 3.08. The lowest BCUT2D eigenvalue weighted by Gasteiger charge is -2.02. The van der Waals surface area contributed by atoms with Crippen LogP contribution in [0.15, 0.2) is 12.1 Å². The minimum Gasteiger partial charge on any atom is -0.139 e. The van der Waals surface area contributed by atoms with Crippen molar-refractivity contribution in [2.24, 2.45) is 11.8 Å². The number of thiophene rings is 2. The van der Waals surface area contributed by atoms with Crippen molar-refractivity contribution in [1.82, 2.24) is 0 Å². The molecule has 0 spiro atoms. The van der Waals surface area contributed by atoms with Crippen molar-refractivity contribution in [2.45, 2.75) is 54.4 Å². The maximum atomic E-state index is 2.42. The van der Waals surface area contributed by atoms with Gasteiger partial charge in [0.05, 0.1) is 0 Å². The molecule has 2 aromatic heterocycles. The third-order valence-corrected chi connectivity index (χ3v) is 5.92. The first-order chi connectivity index (χ1) is 9.36.